The molecule has 2 N–H and O–H groups in total. The highest BCUT2D eigenvalue weighted by molar-refractivity contribution is 7.21. The van der Waals surface area contributed by atoms with Crippen LogP contribution in [0.4, 0.5) is 0 Å². The summed E-state index contributed by atoms with van der Waals surface area (Å²) in [5, 5.41) is 11.5. The Kier molecular flexibility index (Phi) is 7.99. The van der Waals surface area contributed by atoms with Crippen molar-refractivity contribution in [2.24, 2.45) is 5.73 Å². The smallest absolute Gasteiger partial charge is 0.355 e. The van der Waals surface area contributed by atoms with E-state index in [9.17, 15) is 10.1 Å². The molecule has 1 unspecified atom stereocenters. The van der Waals surface area contributed by atoms with Crippen molar-refractivity contribution in [1.29, 1.82) is 5.26 Å². The fraction of sp³-hybridized carbons (Fsp3) is 0.200. The summed E-state index contributed by atoms with van der Waals surface area (Å²) < 4.78 is 18.2. The van der Waals surface area contributed by atoms with Gasteiger partial charge in [0.25, 0.3) is 0 Å². The van der Waals surface area contributed by atoms with Gasteiger partial charge in [0, 0.05) is 26.7 Å². The van der Waals surface area contributed by atoms with Gasteiger partial charge in [-0.25, -0.2) is 4.79 Å². The highest BCUT2D eigenvalue weighted by Crippen LogP contribution is 2.44. The topological polar surface area (TPSA) is 94.6 Å². The molecule has 5 rings (SSSR count). The number of benzene rings is 3. The molecule has 0 bridgehead atoms. The number of nitriles is 1. The molecule has 0 saturated carbocycles. The van der Waals surface area contributed by atoms with Crippen LogP contribution < -0.4 is 19.9 Å². The number of carbonyl (C=O) groups excluding carboxylic acids is 1. The quantitative estimate of drug-likeness (QED) is 0.128. The number of nitrogens with two attached hydrogens (primary N) is 1. The molecule has 6 nitrogen and oxygen atoms in total. The summed E-state index contributed by atoms with van der Waals surface area (Å²) in [5.41, 5.74) is 8.03. The third-order valence-electron chi connectivity index (χ3n) is 6.39. The van der Waals surface area contributed by atoms with Crippen LogP contribution in [0.3, 0.4) is 0 Å². The zero-order valence-electron chi connectivity index (χ0n) is 21.0. The van der Waals surface area contributed by atoms with E-state index in [1.807, 2.05) is 24.3 Å². The summed E-state index contributed by atoms with van der Waals surface area (Å²) in [7, 11) is 0. The molecule has 2 heterocycles. The first-order chi connectivity index (χ1) is 18.9. The summed E-state index contributed by atoms with van der Waals surface area (Å²) in [6.07, 6.45) is 3.18. The monoisotopic (exact) mass is 578 g/mol. The van der Waals surface area contributed by atoms with Crippen LogP contribution in [0, 0.1) is 11.3 Å². The van der Waals surface area contributed by atoms with Crippen molar-refractivity contribution >= 4 is 50.6 Å². The molecule has 0 fully saturated rings. The van der Waals surface area contributed by atoms with Crippen molar-refractivity contribution in [3.63, 3.8) is 0 Å². The van der Waals surface area contributed by atoms with Gasteiger partial charge in [0.1, 0.15) is 33.8 Å². The van der Waals surface area contributed by atoms with Gasteiger partial charge in [-0.05, 0) is 42.3 Å². The minimum Gasteiger partial charge on any atom is -0.494 e. The molecule has 0 radical (unpaired) electrons. The average Bonchev–Trinajstić information content (AvgIpc) is 3.25. The first kappa shape index (κ1) is 26.9. The maximum absolute atomic E-state index is 13.0. The van der Waals surface area contributed by atoms with Gasteiger partial charge in [0.2, 0.25) is 5.88 Å². The number of nitrogens with zero attached hydrogens (tertiary/aromatic N) is 1. The normalized spacial score (nSPS) is 14.5. The van der Waals surface area contributed by atoms with Gasteiger partial charge in [-0.3, -0.25) is 0 Å². The minimum absolute atomic E-state index is 0.00262. The molecular weight excluding hydrogens is 555 g/mol. The lowest BCUT2D eigenvalue weighted by atomic mass is 9.83. The minimum atomic E-state index is -0.598. The lowest BCUT2D eigenvalue weighted by Gasteiger charge is -2.27. The summed E-state index contributed by atoms with van der Waals surface area (Å²) >= 11 is 13.8. The van der Waals surface area contributed by atoms with E-state index in [0.29, 0.717) is 28.0 Å². The fourth-order valence-corrected chi connectivity index (χ4v) is 6.15. The number of ether oxygens (including phenoxy) is 3. The average molecular weight is 580 g/mol. The van der Waals surface area contributed by atoms with Crippen molar-refractivity contribution in [1.82, 2.24) is 0 Å². The van der Waals surface area contributed by atoms with E-state index in [-0.39, 0.29) is 16.5 Å². The van der Waals surface area contributed by atoms with Crippen molar-refractivity contribution in [2.75, 3.05) is 6.61 Å². The van der Waals surface area contributed by atoms with Crippen molar-refractivity contribution in [2.45, 2.75) is 32.1 Å². The van der Waals surface area contributed by atoms with Crippen LogP contribution in [0.25, 0.3) is 10.1 Å². The Bertz CT molecular complexity index is 1640. The van der Waals surface area contributed by atoms with Gasteiger partial charge in [0.05, 0.1) is 17.5 Å². The number of rotatable bonds is 8. The van der Waals surface area contributed by atoms with Gasteiger partial charge < -0.3 is 19.9 Å². The Hall–Kier alpha value is -3.70. The second-order valence-electron chi connectivity index (χ2n) is 9.03. The lowest BCUT2D eigenvalue weighted by molar-refractivity contribution is 0.0740. The molecule has 1 aliphatic heterocycles. The molecule has 3 aromatic carbocycles. The first-order valence-electron chi connectivity index (χ1n) is 12.4. The third kappa shape index (κ3) is 5.55. The number of hydrogen-bond donors (Lipinski definition) is 1. The number of thiophene rings is 1. The van der Waals surface area contributed by atoms with Gasteiger partial charge in [-0.2, -0.15) is 5.26 Å². The van der Waals surface area contributed by atoms with E-state index in [4.69, 9.17) is 43.1 Å². The molecule has 0 aliphatic carbocycles. The number of esters is 1. The second-order valence-corrected chi connectivity index (χ2v) is 10.9. The Morgan fingerprint density at radius 3 is 2.74 bits per heavy atom. The van der Waals surface area contributed by atoms with Crippen LogP contribution in [0.2, 0.25) is 10.0 Å². The Labute approximate surface area is 240 Å². The van der Waals surface area contributed by atoms with Crippen molar-refractivity contribution in [3.8, 4) is 23.3 Å². The van der Waals surface area contributed by atoms with Gasteiger partial charge >= 0.3 is 5.97 Å². The number of hydrogen-bond acceptors (Lipinski definition) is 7. The van der Waals surface area contributed by atoms with E-state index in [1.165, 1.54) is 11.3 Å². The van der Waals surface area contributed by atoms with Crippen LogP contribution >= 0.6 is 34.5 Å². The van der Waals surface area contributed by atoms with Crippen LogP contribution in [-0.4, -0.2) is 12.6 Å². The summed E-state index contributed by atoms with van der Waals surface area (Å²) in [6, 6.07) is 20.1. The van der Waals surface area contributed by atoms with Gasteiger partial charge in [0.15, 0.2) is 0 Å². The number of halogens is 2. The van der Waals surface area contributed by atoms with Crippen LogP contribution in [0.1, 0.15) is 52.9 Å². The first-order valence-corrected chi connectivity index (χ1v) is 14.0. The molecule has 1 atom stereocenters. The fourth-order valence-electron chi connectivity index (χ4n) is 4.49. The maximum Gasteiger partial charge on any atom is 0.355 e. The number of fused-ring (bicyclic) bond motifs is 2. The van der Waals surface area contributed by atoms with Crippen molar-refractivity contribution in [3.05, 3.63) is 98.2 Å². The second kappa shape index (κ2) is 11.6. The molecule has 198 valence electrons. The molecular formula is C30H24Cl2N2O4S. The Balaban J connectivity index is 1.43. The van der Waals surface area contributed by atoms with Crippen LogP contribution in [0.15, 0.2) is 72.1 Å². The number of allylic oxidation sites excluding steroid dienone is 1. The lowest BCUT2D eigenvalue weighted by Crippen LogP contribution is -2.21. The summed E-state index contributed by atoms with van der Waals surface area (Å²) in [5.74, 6) is 0.301. The van der Waals surface area contributed by atoms with Crippen molar-refractivity contribution < 1.29 is 19.0 Å². The van der Waals surface area contributed by atoms with Gasteiger partial charge in [-0.15, -0.1) is 11.3 Å². The highest BCUT2D eigenvalue weighted by Gasteiger charge is 2.31. The van der Waals surface area contributed by atoms with E-state index in [0.717, 1.165) is 46.2 Å². The molecule has 9 heteroatoms. The van der Waals surface area contributed by atoms with E-state index in [2.05, 4.69) is 13.0 Å². The van der Waals surface area contributed by atoms with Crippen LogP contribution in [0.5, 0.6) is 17.2 Å². The predicted molar refractivity (Wildman–Crippen MR) is 154 cm³/mol. The van der Waals surface area contributed by atoms with E-state index < -0.39 is 11.9 Å². The molecule has 1 aromatic heterocycles. The third-order valence-corrected chi connectivity index (χ3v) is 8.26. The Morgan fingerprint density at radius 2 is 1.95 bits per heavy atom. The maximum atomic E-state index is 13.0. The molecule has 0 amide bonds. The number of unbranched alkanes of at least 4 members (excludes halogenated alkanes) is 2. The zero-order chi connectivity index (χ0) is 27.5. The largest absolute Gasteiger partial charge is 0.494 e. The van der Waals surface area contributed by atoms with Crippen LogP contribution in [-0.2, 0) is 0 Å². The SMILES string of the molecule is CCCCCOc1cccc(C2C(C#N)=C(N)Oc3cc(OC(=O)c4sc5cc(Cl)ccc5c4Cl)ccc32)c1. The van der Waals surface area contributed by atoms with Gasteiger partial charge in [-0.1, -0.05) is 67.2 Å². The highest BCUT2D eigenvalue weighted by atomic mass is 35.5. The van der Waals surface area contributed by atoms with E-state index in [1.54, 1.807) is 36.4 Å². The predicted octanol–water partition coefficient (Wildman–Crippen LogP) is 8.21. The molecule has 1 aliphatic rings. The zero-order valence-corrected chi connectivity index (χ0v) is 23.3. The molecule has 4 aromatic rings. The van der Waals surface area contributed by atoms with E-state index >= 15 is 0 Å². The Morgan fingerprint density at radius 1 is 1.10 bits per heavy atom. The molecule has 0 spiro atoms. The molecule has 39 heavy (non-hydrogen) atoms. The number of carbonyl (C=O) groups is 1. The standard InChI is InChI=1S/C30H24Cl2N2O4S/c1-2-3-4-12-36-19-7-5-6-17(13-19)26-21-11-9-20(15-24(21)38-29(34)23(26)16-33)37-30(35)28-27(32)22-10-8-18(31)14-25(22)39-28/h5-11,13-15,26H,2-4,12,34H2,1H3. The molecule has 0 saturated heterocycles. The summed E-state index contributed by atoms with van der Waals surface area (Å²) in [6.45, 7) is 2.77. The summed E-state index contributed by atoms with van der Waals surface area (Å²) in [4.78, 5) is 13.3.